The molecule has 1 aromatic carbocycles. The highest BCUT2D eigenvalue weighted by atomic mass is 32.2. The van der Waals surface area contributed by atoms with Gasteiger partial charge < -0.3 is 9.05 Å². The van der Waals surface area contributed by atoms with E-state index in [-0.39, 0.29) is 18.1 Å². The summed E-state index contributed by atoms with van der Waals surface area (Å²) in [4.78, 5) is 0.0193. The second-order valence-corrected chi connectivity index (χ2v) is 6.84. The van der Waals surface area contributed by atoms with Gasteiger partial charge in [0.2, 0.25) is 0 Å². The van der Waals surface area contributed by atoms with Gasteiger partial charge in [-0.1, -0.05) is 18.2 Å². The molecule has 0 amide bonds. The maximum Gasteiger partial charge on any atom is 0.373 e. The van der Waals surface area contributed by atoms with Gasteiger partial charge in [-0.25, -0.2) is 0 Å². The SMILES string of the molecule is CCOP(=O)(C=NS(=O)(=O)c1ccccc1)OCC. The first-order chi connectivity index (χ1) is 8.93. The number of rotatable bonds is 7. The Balaban J connectivity index is 2.99. The van der Waals surface area contributed by atoms with Crippen LogP contribution in [-0.2, 0) is 23.6 Å². The molecular weight excluding hydrogens is 289 g/mol. The summed E-state index contributed by atoms with van der Waals surface area (Å²) in [6.45, 7) is 3.53. The van der Waals surface area contributed by atoms with Crippen LogP contribution in [0.5, 0.6) is 0 Å². The van der Waals surface area contributed by atoms with E-state index in [9.17, 15) is 13.0 Å². The maximum atomic E-state index is 12.0. The summed E-state index contributed by atoms with van der Waals surface area (Å²) in [7, 11) is -7.50. The average Bonchev–Trinajstić information content (AvgIpc) is 2.38. The van der Waals surface area contributed by atoms with Crippen LogP contribution in [0.2, 0.25) is 0 Å². The molecule has 0 radical (unpaired) electrons. The quantitative estimate of drug-likeness (QED) is 0.571. The summed E-state index contributed by atoms with van der Waals surface area (Å²) in [6, 6.07) is 7.64. The first-order valence-electron chi connectivity index (χ1n) is 5.69. The van der Waals surface area contributed by atoms with Crippen molar-refractivity contribution in [1.29, 1.82) is 0 Å². The molecule has 1 rings (SSSR count). The van der Waals surface area contributed by atoms with Crippen molar-refractivity contribution >= 4 is 23.6 Å². The molecule has 0 saturated carbocycles. The van der Waals surface area contributed by atoms with Gasteiger partial charge in [-0.05, 0) is 26.0 Å². The molecule has 1 aromatic rings. The number of hydrogen-bond acceptors (Lipinski definition) is 5. The zero-order valence-corrected chi connectivity index (χ0v) is 12.4. The molecule has 6 nitrogen and oxygen atoms in total. The highest BCUT2D eigenvalue weighted by Gasteiger charge is 2.22. The molecule has 0 fully saturated rings. The third-order valence-electron chi connectivity index (χ3n) is 1.99. The van der Waals surface area contributed by atoms with Crippen LogP contribution in [0, 0.1) is 0 Å². The van der Waals surface area contributed by atoms with E-state index in [1.807, 2.05) is 0 Å². The molecule has 0 aromatic heterocycles. The van der Waals surface area contributed by atoms with Crippen LogP contribution in [0.4, 0.5) is 0 Å². The van der Waals surface area contributed by atoms with Crippen molar-refractivity contribution in [2.75, 3.05) is 13.2 Å². The van der Waals surface area contributed by atoms with Crippen molar-refractivity contribution in [2.45, 2.75) is 18.7 Å². The first kappa shape index (κ1) is 16.0. The highest BCUT2D eigenvalue weighted by Crippen LogP contribution is 2.45. The van der Waals surface area contributed by atoms with Crippen LogP contribution in [0.3, 0.4) is 0 Å². The Morgan fingerprint density at radius 2 is 1.68 bits per heavy atom. The van der Waals surface area contributed by atoms with E-state index < -0.39 is 17.6 Å². The summed E-state index contributed by atoms with van der Waals surface area (Å²) in [5, 5.41) is 0. The van der Waals surface area contributed by atoms with Crippen LogP contribution in [0.25, 0.3) is 0 Å². The molecule has 0 heterocycles. The lowest BCUT2D eigenvalue weighted by Gasteiger charge is -2.11. The summed E-state index contributed by atoms with van der Waals surface area (Å²) < 4.78 is 49.0. The predicted octanol–water partition coefficient (Wildman–Crippen LogP) is 2.67. The minimum Gasteiger partial charge on any atom is -0.305 e. The molecule has 0 aliphatic heterocycles. The number of benzene rings is 1. The number of nitrogens with zero attached hydrogens (tertiary/aromatic N) is 1. The van der Waals surface area contributed by atoms with E-state index >= 15 is 0 Å². The number of sulfonamides is 1. The Hall–Kier alpha value is -1.01. The van der Waals surface area contributed by atoms with E-state index in [4.69, 9.17) is 9.05 Å². The Morgan fingerprint density at radius 3 is 2.16 bits per heavy atom. The van der Waals surface area contributed by atoms with Crippen molar-refractivity contribution < 1.29 is 22.0 Å². The van der Waals surface area contributed by atoms with Crippen molar-refractivity contribution in [3.05, 3.63) is 30.3 Å². The van der Waals surface area contributed by atoms with Gasteiger partial charge in [-0.2, -0.15) is 12.8 Å². The fraction of sp³-hybridized carbons (Fsp3) is 0.364. The van der Waals surface area contributed by atoms with Gasteiger partial charge in [0.05, 0.1) is 18.1 Å². The molecule has 0 bridgehead atoms. The topological polar surface area (TPSA) is 82.0 Å². The van der Waals surface area contributed by atoms with E-state index in [0.29, 0.717) is 0 Å². The number of hydrogen-bond donors (Lipinski definition) is 0. The molecule has 0 aliphatic carbocycles. The van der Waals surface area contributed by atoms with Gasteiger partial charge in [-0.15, -0.1) is 0 Å². The zero-order chi connectivity index (χ0) is 14.4. The van der Waals surface area contributed by atoms with Crippen molar-refractivity contribution in [1.82, 2.24) is 0 Å². The summed E-state index contributed by atoms with van der Waals surface area (Å²) >= 11 is 0. The fourth-order valence-corrected chi connectivity index (χ4v) is 3.75. The van der Waals surface area contributed by atoms with Crippen LogP contribution >= 0.6 is 7.60 Å². The zero-order valence-electron chi connectivity index (χ0n) is 10.7. The molecule has 19 heavy (non-hydrogen) atoms. The Morgan fingerprint density at radius 1 is 1.16 bits per heavy atom. The van der Waals surface area contributed by atoms with Gasteiger partial charge in [-0.3, -0.25) is 4.57 Å². The van der Waals surface area contributed by atoms with Gasteiger partial charge in [0, 0.05) is 0 Å². The minimum absolute atomic E-state index is 0.0193. The van der Waals surface area contributed by atoms with Gasteiger partial charge in [0.15, 0.2) is 0 Å². The second kappa shape index (κ2) is 6.96. The van der Waals surface area contributed by atoms with E-state index in [1.54, 1.807) is 32.0 Å². The van der Waals surface area contributed by atoms with Crippen LogP contribution in [-0.4, -0.2) is 27.6 Å². The molecule has 106 valence electrons. The van der Waals surface area contributed by atoms with Crippen LogP contribution in [0.1, 0.15) is 13.8 Å². The summed E-state index contributed by atoms with van der Waals surface area (Å²) in [5.41, 5.74) is 0. The Bertz CT molecular complexity index is 560. The van der Waals surface area contributed by atoms with Gasteiger partial charge >= 0.3 is 7.60 Å². The summed E-state index contributed by atoms with van der Waals surface area (Å²) in [6.07, 6.45) is 0. The third-order valence-corrected chi connectivity index (χ3v) is 5.03. The van der Waals surface area contributed by atoms with E-state index in [2.05, 4.69) is 4.40 Å². The molecule has 0 unspecified atom stereocenters. The Kier molecular flexibility index (Phi) is 5.87. The third kappa shape index (κ3) is 4.87. The smallest absolute Gasteiger partial charge is 0.305 e. The molecule has 0 atom stereocenters. The average molecular weight is 305 g/mol. The minimum atomic E-state index is -3.89. The van der Waals surface area contributed by atoms with Crippen molar-refractivity contribution in [2.24, 2.45) is 4.40 Å². The highest BCUT2D eigenvalue weighted by molar-refractivity contribution is 7.91. The molecule has 0 N–H and O–H groups in total. The fourth-order valence-electron chi connectivity index (χ4n) is 1.24. The lowest BCUT2D eigenvalue weighted by molar-refractivity contribution is 0.233. The standard InChI is InChI=1S/C11H16NO5PS/c1-3-16-18(13,17-4-2)10-12-19(14,15)11-8-6-5-7-9-11/h5-10H,3-4H2,1-2H3. The Labute approximate surface area is 113 Å². The molecule has 0 spiro atoms. The molecule has 0 saturated heterocycles. The maximum absolute atomic E-state index is 12.0. The molecular formula is C11H16NO5PS. The van der Waals surface area contributed by atoms with Crippen LogP contribution in [0.15, 0.2) is 39.6 Å². The monoisotopic (exact) mass is 305 g/mol. The van der Waals surface area contributed by atoms with E-state index in [0.717, 1.165) is 5.96 Å². The second-order valence-electron chi connectivity index (χ2n) is 3.38. The largest absolute Gasteiger partial charge is 0.373 e. The van der Waals surface area contributed by atoms with E-state index in [1.165, 1.54) is 12.1 Å². The van der Waals surface area contributed by atoms with Gasteiger partial charge in [0.1, 0.15) is 5.96 Å². The molecule has 8 heteroatoms. The van der Waals surface area contributed by atoms with Crippen molar-refractivity contribution in [3.63, 3.8) is 0 Å². The molecule has 0 aliphatic rings. The predicted molar refractivity (Wildman–Crippen MR) is 73.0 cm³/mol. The van der Waals surface area contributed by atoms with Crippen molar-refractivity contribution in [3.8, 4) is 0 Å². The summed E-state index contributed by atoms with van der Waals surface area (Å²) in [5.74, 6) is 0.738. The normalized spacial score (nSPS) is 12.9. The van der Waals surface area contributed by atoms with Gasteiger partial charge in [0.25, 0.3) is 10.0 Å². The van der Waals surface area contributed by atoms with Crippen LogP contribution < -0.4 is 0 Å². The first-order valence-corrected chi connectivity index (χ1v) is 8.74. The lowest BCUT2D eigenvalue weighted by atomic mass is 10.4. The lowest BCUT2D eigenvalue weighted by Crippen LogP contribution is -2.01.